The fourth-order valence-corrected chi connectivity index (χ4v) is 6.22. The topological polar surface area (TPSA) is 0 Å². The summed E-state index contributed by atoms with van der Waals surface area (Å²) in [5.41, 5.74) is 2.86. The second-order valence-corrected chi connectivity index (χ2v) is 10.5. The van der Waals surface area contributed by atoms with Gasteiger partial charge in [-0.3, -0.25) is 0 Å². The van der Waals surface area contributed by atoms with Gasteiger partial charge in [-0.1, -0.05) is 26.7 Å². The zero-order chi connectivity index (χ0) is 14.7. The van der Waals surface area contributed by atoms with Crippen molar-refractivity contribution in [2.75, 3.05) is 13.3 Å². The Hall–Kier alpha value is 1.57. The Bertz CT molecular complexity index is 189. The molecule has 0 saturated heterocycles. The standard InChI is InChI=1S/C14H30P2.2CH3.Ti/c1-5-7-14(8-6-2)10-12(15-3)9-13(11-14)16-4;;;/h12-13,15-16H,5-11H2,1-4H3;2*1H3;. The van der Waals surface area contributed by atoms with Crippen LogP contribution in [0.1, 0.15) is 58.8 Å². The Morgan fingerprint density at radius 3 is 1.58 bits per heavy atom. The SMILES string of the molecule is CCCC1(CCC)CC(PC)CC(PC)C1.[CH3][Ti][CH3]. The van der Waals surface area contributed by atoms with Crippen LogP contribution in [-0.4, -0.2) is 24.6 Å². The molecule has 0 radical (unpaired) electrons. The Morgan fingerprint density at radius 2 is 1.32 bits per heavy atom. The Morgan fingerprint density at radius 1 is 0.947 bits per heavy atom. The molecule has 4 atom stereocenters. The van der Waals surface area contributed by atoms with Gasteiger partial charge in [0, 0.05) is 0 Å². The van der Waals surface area contributed by atoms with Gasteiger partial charge in [-0.25, -0.2) is 0 Å². The molecule has 0 heterocycles. The van der Waals surface area contributed by atoms with E-state index < -0.39 is 0 Å². The van der Waals surface area contributed by atoms with Crippen LogP contribution in [0, 0.1) is 5.41 Å². The zero-order valence-corrected chi connectivity index (χ0v) is 17.7. The summed E-state index contributed by atoms with van der Waals surface area (Å²) in [5.74, 6) is 0. The fraction of sp³-hybridized carbons (Fsp3) is 1.00. The first-order chi connectivity index (χ1) is 9.11. The predicted molar refractivity (Wildman–Crippen MR) is 93.9 cm³/mol. The van der Waals surface area contributed by atoms with Crippen LogP contribution >= 0.6 is 17.2 Å². The van der Waals surface area contributed by atoms with Crippen molar-refractivity contribution in [1.82, 2.24) is 0 Å². The molecule has 4 unspecified atom stereocenters. The Kier molecular flexibility index (Phi) is 13.2. The van der Waals surface area contributed by atoms with Gasteiger partial charge in [0.1, 0.15) is 0 Å². The molecule has 0 bridgehead atoms. The number of hydrogen-bond acceptors (Lipinski definition) is 0. The van der Waals surface area contributed by atoms with Gasteiger partial charge in [-0.05, 0) is 62.2 Å². The number of hydrogen-bond donors (Lipinski definition) is 0. The van der Waals surface area contributed by atoms with Crippen LogP contribution < -0.4 is 0 Å². The molecule has 0 nitrogen and oxygen atoms in total. The van der Waals surface area contributed by atoms with E-state index in [1.165, 1.54) is 42.8 Å². The van der Waals surface area contributed by atoms with E-state index in [0.717, 1.165) is 16.7 Å². The first kappa shape index (κ1) is 20.6. The molecule has 1 fully saturated rings. The summed E-state index contributed by atoms with van der Waals surface area (Å²) in [5, 5.41) is 4.50. The molecular formula is C16H36P2Ti. The van der Waals surface area contributed by atoms with E-state index in [1.54, 1.807) is 19.3 Å². The van der Waals surface area contributed by atoms with Gasteiger partial charge in [0.2, 0.25) is 0 Å². The number of rotatable bonds is 6. The van der Waals surface area contributed by atoms with E-state index >= 15 is 0 Å². The monoisotopic (exact) mass is 338 g/mol. The minimum atomic E-state index is 0.500. The molecule has 0 aliphatic heterocycles. The molecule has 0 aromatic carbocycles. The normalized spacial score (nSPS) is 26.6. The molecule has 1 aliphatic carbocycles. The van der Waals surface area contributed by atoms with Gasteiger partial charge in [-0.2, -0.15) is 0 Å². The molecule has 0 N–H and O–H groups in total. The molecule has 19 heavy (non-hydrogen) atoms. The molecule has 0 amide bonds. The molecule has 0 aromatic heterocycles. The third-order valence-electron chi connectivity index (χ3n) is 4.31. The average Bonchev–Trinajstić information content (AvgIpc) is 2.39. The van der Waals surface area contributed by atoms with Crippen LogP contribution in [0.4, 0.5) is 0 Å². The summed E-state index contributed by atoms with van der Waals surface area (Å²) in [6, 6.07) is 0. The Balaban J connectivity index is 0.000000982. The predicted octanol–water partition coefficient (Wildman–Crippen LogP) is 6.28. The summed E-state index contributed by atoms with van der Waals surface area (Å²) >= 11 is 0.500. The van der Waals surface area contributed by atoms with Crippen molar-refractivity contribution in [2.24, 2.45) is 5.41 Å². The van der Waals surface area contributed by atoms with Gasteiger partial charge in [0.15, 0.2) is 0 Å². The van der Waals surface area contributed by atoms with Crippen molar-refractivity contribution in [2.45, 2.75) is 80.6 Å². The van der Waals surface area contributed by atoms with Crippen LogP contribution in [0.2, 0.25) is 10.5 Å². The minimum absolute atomic E-state index is 0.500. The van der Waals surface area contributed by atoms with E-state index in [1.807, 2.05) is 0 Å². The van der Waals surface area contributed by atoms with E-state index in [4.69, 9.17) is 0 Å². The van der Waals surface area contributed by atoms with Gasteiger partial charge < -0.3 is 0 Å². The average molecular weight is 338 g/mol. The van der Waals surface area contributed by atoms with Gasteiger partial charge in [0.25, 0.3) is 0 Å². The second-order valence-electron chi connectivity index (χ2n) is 6.12. The van der Waals surface area contributed by atoms with Crippen molar-refractivity contribution in [3.8, 4) is 0 Å². The van der Waals surface area contributed by atoms with Crippen molar-refractivity contribution in [1.29, 1.82) is 0 Å². The molecule has 0 spiro atoms. The third-order valence-corrected chi connectivity index (χ3v) is 6.82. The molecular weight excluding hydrogens is 302 g/mol. The Labute approximate surface area is 135 Å². The molecule has 0 aromatic rings. The van der Waals surface area contributed by atoms with E-state index in [9.17, 15) is 0 Å². The van der Waals surface area contributed by atoms with Crippen LogP contribution in [-0.2, 0) is 19.2 Å². The first-order valence-corrected chi connectivity index (χ1v) is 14.3. The van der Waals surface area contributed by atoms with Crippen molar-refractivity contribution in [3.05, 3.63) is 0 Å². The molecule has 1 saturated carbocycles. The van der Waals surface area contributed by atoms with Gasteiger partial charge in [-0.15, -0.1) is 17.2 Å². The summed E-state index contributed by atoms with van der Waals surface area (Å²) < 4.78 is 0. The van der Waals surface area contributed by atoms with Crippen LogP contribution in [0.3, 0.4) is 0 Å². The molecule has 114 valence electrons. The van der Waals surface area contributed by atoms with E-state index in [0.29, 0.717) is 19.2 Å². The van der Waals surface area contributed by atoms with Crippen LogP contribution in [0.15, 0.2) is 0 Å². The quantitative estimate of drug-likeness (QED) is 0.395. The fourth-order valence-electron chi connectivity index (χ4n) is 3.67. The van der Waals surface area contributed by atoms with Crippen molar-refractivity contribution in [3.63, 3.8) is 0 Å². The molecule has 1 rings (SSSR count). The zero-order valence-electron chi connectivity index (χ0n) is 14.1. The second kappa shape index (κ2) is 12.2. The summed E-state index contributed by atoms with van der Waals surface area (Å²) in [7, 11) is 2.35. The molecule has 1 aliphatic rings. The maximum atomic E-state index is 2.43. The summed E-state index contributed by atoms with van der Waals surface area (Å²) in [6.07, 6.45) is 10.4. The van der Waals surface area contributed by atoms with Crippen molar-refractivity contribution < 1.29 is 19.2 Å². The summed E-state index contributed by atoms with van der Waals surface area (Å²) in [4.78, 5) is 0. The van der Waals surface area contributed by atoms with E-state index in [2.05, 4.69) is 37.6 Å². The van der Waals surface area contributed by atoms with Gasteiger partial charge in [0.05, 0.1) is 0 Å². The first-order valence-electron chi connectivity index (χ1n) is 8.04. The van der Waals surface area contributed by atoms with Crippen LogP contribution in [0.5, 0.6) is 0 Å². The van der Waals surface area contributed by atoms with Gasteiger partial charge >= 0.3 is 29.6 Å². The maximum absolute atomic E-state index is 2.43. The van der Waals surface area contributed by atoms with Crippen LogP contribution in [0.25, 0.3) is 0 Å². The van der Waals surface area contributed by atoms with E-state index in [-0.39, 0.29) is 0 Å². The molecule has 3 heteroatoms. The third kappa shape index (κ3) is 7.95. The van der Waals surface area contributed by atoms with Crippen molar-refractivity contribution >= 4 is 17.2 Å². The summed E-state index contributed by atoms with van der Waals surface area (Å²) in [6.45, 7) is 9.60.